The molecule has 1 rings (SSSR count). The lowest BCUT2D eigenvalue weighted by molar-refractivity contribution is -0.137. The van der Waals surface area contributed by atoms with E-state index in [-0.39, 0.29) is 17.0 Å². The molecule has 0 spiro atoms. The number of carbonyl (C=O) groups is 2. The minimum Gasteiger partial charge on any atom is -0.480 e. The minimum absolute atomic E-state index is 0.0254. The highest BCUT2D eigenvalue weighted by molar-refractivity contribution is 7.89. The first kappa shape index (κ1) is 18.1. The summed E-state index contributed by atoms with van der Waals surface area (Å²) in [5, 5.41) is 27.0. The van der Waals surface area contributed by atoms with Gasteiger partial charge in [0.1, 0.15) is 18.2 Å². The summed E-state index contributed by atoms with van der Waals surface area (Å²) in [4.78, 5) is 21.8. The molecule has 10 heteroatoms. The van der Waals surface area contributed by atoms with Crippen LogP contribution in [-0.4, -0.2) is 31.9 Å². The number of nitrogens with two attached hydrogens (primary N) is 1. The molecule has 1 amide bonds. The predicted molar refractivity (Wildman–Crippen MR) is 79.0 cm³/mol. The van der Waals surface area contributed by atoms with E-state index in [9.17, 15) is 18.0 Å². The van der Waals surface area contributed by atoms with Crippen LogP contribution < -0.4 is 15.8 Å². The number of amides is 1. The van der Waals surface area contributed by atoms with E-state index >= 15 is 0 Å². The van der Waals surface area contributed by atoms with Gasteiger partial charge in [0, 0.05) is 12.7 Å². The molecule has 0 fully saturated rings. The Labute approximate surface area is 132 Å². The van der Waals surface area contributed by atoms with E-state index in [0.29, 0.717) is 5.56 Å². The number of carbonyl (C=O) groups excluding carboxylic acids is 1. The van der Waals surface area contributed by atoms with E-state index < -0.39 is 28.4 Å². The van der Waals surface area contributed by atoms with E-state index in [1.165, 1.54) is 24.3 Å². The number of nitrogens with one attached hydrogen (secondary N) is 2. The molecule has 0 unspecified atom stereocenters. The van der Waals surface area contributed by atoms with Crippen molar-refractivity contribution in [1.82, 2.24) is 10.6 Å². The van der Waals surface area contributed by atoms with Gasteiger partial charge in [0.15, 0.2) is 0 Å². The first-order valence-corrected chi connectivity index (χ1v) is 7.74. The standard InChI is InChI=1S/C13H14N4O5S/c14-5-10(13(20)17-8-12(18)19)7-16-6-9-1-3-11(4-2-9)23(15,21)22/h1-4,7,16H,6,8H2,(H,17,20)(H,18,19)(H2,15,21,22)/b10-7-. The second-order valence-electron chi connectivity index (χ2n) is 4.32. The van der Waals surface area contributed by atoms with Crippen LogP contribution in [0.15, 0.2) is 40.9 Å². The zero-order chi connectivity index (χ0) is 17.5. The summed E-state index contributed by atoms with van der Waals surface area (Å²) >= 11 is 0. The number of hydrogen-bond acceptors (Lipinski definition) is 6. The summed E-state index contributed by atoms with van der Waals surface area (Å²) in [7, 11) is -3.76. The fourth-order valence-corrected chi connectivity index (χ4v) is 1.98. The topological polar surface area (TPSA) is 162 Å². The molecule has 0 bridgehead atoms. The molecule has 0 saturated heterocycles. The largest absolute Gasteiger partial charge is 0.480 e. The van der Waals surface area contributed by atoms with Gasteiger partial charge < -0.3 is 15.7 Å². The van der Waals surface area contributed by atoms with E-state index in [1.807, 2.05) is 0 Å². The fourth-order valence-electron chi connectivity index (χ4n) is 1.47. The zero-order valence-corrected chi connectivity index (χ0v) is 12.6. The van der Waals surface area contributed by atoms with Crippen molar-refractivity contribution in [2.75, 3.05) is 6.54 Å². The number of nitrogens with zero attached hydrogens (tertiary/aromatic N) is 1. The average molecular weight is 338 g/mol. The van der Waals surface area contributed by atoms with Gasteiger partial charge >= 0.3 is 5.97 Å². The van der Waals surface area contributed by atoms with Crippen molar-refractivity contribution >= 4 is 21.9 Å². The second kappa shape index (κ2) is 7.92. The monoisotopic (exact) mass is 338 g/mol. The number of primary sulfonamides is 1. The molecule has 0 atom stereocenters. The van der Waals surface area contributed by atoms with Crippen LogP contribution in [0.5, 0.6) is 0 Å². The van der Waals surface area contributed by atoms with E-state index in [1.54, 1.807) is 6.07 Å². The lowest BCUT2D eigenvalue weighted by atomic mass is 10.2. The predicted octanol–water partition coefficient (Wildman–Crippen LogP) is -0.968. The Morgan fingerprint density at radius 3 is 2.39 bits per heavy atom. The van der Waals surface area contributed by atoms with Crippen molar-refractivity contribution < 1.29 is 23.1 Å². The molecule has 122 valence electrons. The summed E-state index contributed by atoms with van der Waals surface area (Å²) in [6.07, 6.45) is 1.14. The third kappa shape index (κ3) is 6.16. The van der Waals surface area contributed by atoms with Crippen molar-refractivity contribution in [2.45, 2.75) is 11.4 Å². The molecule has 9 nitrogen and oxygen atoms in total. The number of carboxylic acid groups (broad SMARTS) is 1. The lowest BCUT2D eigenvalue weighted by Crippen LogP contribution is -2.30. The van der Waals surface area contributed by atoms with Crippen LogP contribution in [0, 0.1) is 11.3 Å². The van der Waals surface area contributed by atoms with Gasteiger partial charge in [0.05, 0.1) is 4.90 Å². The van der Waals surface area contributed by atoms with Crippen molar-refractivity contribution in [3.63, 3.8) is 0 Å². The summed E-state index contributed by atoms with van der Waals surface area (Å²) < 4.78 is 22.2. The van der Waals surface area contributed by atoms with Gasteiger partial charge in [-0.15, -0.1) is 0 Å². The molecule has 0 saturated carbocycles. The third-order valence-electron chi connectivity index (χ3n) is 2.57. The molecule has 0 radical (unpaired) electrons. The van der Waals surface area contributed by atoms with Crippen molar-refractivity contribution in [1.29, 1.82) is 5.26 Å². The maximum Gasteiger partial charge on any atom is 0.322 e. The van der Waals surface area contributed by atoms with Crippen LogP contribution in [-0.2, 0) is 26.2 Å². The summed E-state index contributed by atoms with van der Waals surface area (Å²) in [6, 6.07) is 7.36. The Bertz CT molecular complexity index is 763. The number of carboxylic acids is 1. The molecule has 0 heterocycles. The van der Waals surface area contributed by atoms with Crippen LogP contribution in [0.3, 0.4) is 0 Å². The Balaban J connectivity index is 2.64. The van der Waals surface area contributed by atoms with Crippen LogP contribution >= 0.6 is 0 Å². The smallest absolute Gasteiger partial charge is 0.322 e. The van der Waals surface area contributed by atoms with Crippen LogP contribution in [0.25, 0.3) is 0 Å². The van der Waals surface area contributed by atoms with Crippen molar-refractivity contribution in [2.24, 2.45) is 5.14 Å². The SMILES string of the molecule is N#C/C(=C/NCc1ccc(S(N)(=O)=O)cc1)C(=O)NCC(=O)O. The van der Waals surface area contributed by atoms with Gasteiger partial charge in [0.2, 0.25) is 10.0 Å². The highest BCUT2D eigenvalue weighted by atomic mass is 32.2. The third-order valence-corrected chi connectivity index (χ3v) is 3.50. The minimum atomic E-state index is -3.76. The number of aliphatic carboxylic acids is 1. The van der Waals surface area contributed by atoms with Crippen LogP contribution in [0.1, 0.15) is 5.56 Å². The van der Waals surface area contributed by atoms with E-state index in [4.69, 9.17) is 15.5 Å². The average Bonchev–Trinajstić information content (AvgIpc) is 2.48. The highest BCUT2D eigenvalue weighted by Crippen LogP contribution is 2.08. The highest BCUT2D eigenvalue weighted by Gasteiger charge is 2.10. The van der Waals surface area contributed by atoms with Gasteiger partial charge in [0.25, 0.3) is 5.91 Å². The van der Waals surface area contributed by atoms with Crippen molar-refractivity contribution in [3.8, 4) is 6.07 Å². The molecule has 0 aliphatic heterocycles. The number of nitriles is 1. The number of benzene rings is 1. The van der Waals surface area contributed by atoms with Crippen molar-refractivity contribution in [3.05, 3.63) is 41.6 Å². The molecule has 1 aromatic carbocycles. The molecule has 1 aromatic rings. The van der Waals surface area contributed by atoms with Gasteiger partial charge in [-0.3, -0.25) is 9.59 Å². The first-order chi connectivity index (χ1) is 10.7. The molecular formula is C13H14N4O5S. The maximum absolute atomic E-state index is 11.5. The van der Waals surface area contributed by atoms with Gasteiger partial charge in [-0.05, 0) is 17.7 Å². The molecule has 23 heavy (non-hydrogen) atoms. The quantitative estimate of drug-likeness (QED) is 0.367. The van der Waals surface area contributed by atoms with Gasteiger partial charge in [-0.25, -0.2) is 13.6 Å². The normalized spacial score (nSPS) is 11.4. The zero-order valence-electron chi connectivity index (χ0n) is 11.8. The summed E-state index contributed by atoms with van der Waals surface area (Å²) in [6.45, 7) is -0.366. The first-order valence-electron chi connectivity index (χ1n) is 6.19. The summed E-state index contributed by atoms with van der Waals surface area (Å²) in [5.41, 5.74) is 0.407. The fraction of sp³-hybridized carbons (Fsp3) is 0.154. The molecule has 0 aliphatic carbocycles. The van der Waals surface area contributed by atoms with Crippen LogP contribution in [0.2, 0.25) is 0 Å². The number of sulfonamides is 1. The second-order valence-corrected chi connectivity index (χ2v) is 5.88. The number of hydrogen-bond donors (Lipinski definition) is 4. The Morgan fingerprint density at radius 2 is 1.91 bits per heavy atom. The number of rotatable bonds is 7. The maximum atomic E-state index is 11.5. The van der Waals surface area contributed by atoms with E-state index in [2.05, 4.69) is 10.6 Å². The summed E-state index contributed by atoms with van der Waals surface area (Å²) in [5.74, 6) is -2.04. The van der Waals surface area contributed by atoms with Gasteiger partial charge in [-0.1, -0.05) is 12.1 Å². The molecule has 5 N–H and O–H groups in total. The molecule has 0 aliphatic rings. The Morgan fingerprint density at radius 1 is 1.30 bits per heavy atom. The lowest BCUT2D eigenvalue weighted by Gasteiger charge is -2.04. The molecule has 0 aromatic heterocycles. The Hall–Kier alpha value is -2.90. The molecular weight excluding hydrogens is 324 g/mol. The Kier molecular flexibility index (Phi) is 6.25. The van der Waals surface area contributed by atoms with Crippen LogP contribution in [0.4, 0.5) is 0 Å². The van der Waals surface area contributed by atoms with Gasteiger partial charge in [-0.2, -0.15) is 5.26 Å². The van der Waals surface area contributed by atoms with E-state index in [0.717, 1.165) is 6.20 Å².